The molecule has 0 aliphatic carbocycles. The van der Waals surface area contributed by atoms with Crippen LogP contribution in [-0.2, 0) is 9.15 Å². The Bertz CT molecular complexity index is 229. The Hall–Kier alpha value is 0.220. The summed E-state index contributed by atoms with van der Waals surface area (Å²) in [4.78, 5) is 0. The van der Waals surface area contributed by atoms with E-state index in [2.05, 4.69) is 12.2 Å². The summed E-state index contributed by atoms with van der Waals surface area (Å²) in [7, 11) is -1.65. The van der Waals surface area contributed by atoms with Gasteiger partial charge in [0.05, 0.1) is 5.37 Å². The van der Waals surface area contributed by atoms with Gasteiger partial charge in [0.25, 0.3) is 0 Å². The standard InChI is InChI=1S/C8H19NO3S2/c1-3-4-5-6-7-8(9-2)13-14(10,11)12/h8-9H,3-7H2,1-2H3,(H,10,11,12). The van der Waals surface area contributed by atoms with Gasteiger partial charge in [-0.3, -0.25) is 4.55 Å². The van der Waals surface area contributed by atoms with Crippen LogP contribution in [0.5, 0.6) is 0 Å². The summed E-state index contributed by atoms with van der Waals surface area (Å²) in [5.74, 6) is 0. The fourth-order valence-corrected chi connectivity index (χ4v) is 3.25. The Morgan fingerprint density at radius 3 is 2.43 bits per heavy atom. The monoisotopic (exact) mass is 241 g/mol. The van der Waals surface area contributed by atoms with Gasteiger partial charge < -0.3 is 5.32 Å². The van der Waals surface area contributed by atoms with Gasteiger partial charge in [-0.2, -0.15) is 8.42 Å². The molecule has 0 amide bonds. The first kappa shape index (κ1) is 14.2. The Kier molecular flexibility index (Phi) is 7.62. The molecule has 0 saturated heterocycles. The molecular formula is C8H19NO3S2. The minimum atomic E-state index is -3.92. The molecule has 1 unspecified atom stereocenters. The summed E-state index contributed by atoms with van der Waals surface area (Å²) < 4.78 is 29.8. The predicted octanol–water partition coefficient (Wildman–Crippen LogP) is 2.04. The largest absolute Gasteiger partial charge is 0.321 e. The van der Waals surface area contributed by atoms with Gasteiger partial charge in [-0.15, -0.1) is 0 Å². The lowest BCUT2D eigenvalue weighted by Crippen LogP contribution is -2.22. The normalized spacial score (nSPS) is 14.2. The number of hydrogen-bond acceptors (Lipinski definition) is 4. The van der Waals surface area contributed by atoms with Gasteiger partial charge in [-0.05, 0) is 13.5 Å². The first-order valence-corrected chi connectivity index (χ1v) is 7.66. The Balaban J connectivity index is 3.69. The second-order valence-electron chi connectivity index (χ2n) is 3.15. The van der Waals surface area contributed by atoms with Gasteiger partial charge in [-0.25, -0.2) is 0 Å². The van der Waals surface area contributed by atoms with Crippen molar-refractivity contribution in [3.63, 3.8) is 0 Å². The third-order valence-corrected chi connectivity index (χ3v) is 4.25. The van der Waals surface area contributed by atoms with E-state index < -0.39 is 9.15 Å². The molecule has 14 heavy (non-hydrogen) atoms. The van der Waals surface area contributed by atoms with Gasteiger partial charge in [0, 0.05) is 10.8 Å². The molecular weight excluding hydrogens is 222 g/mol. The van der Waals surface area contributed by atoms with Crippen LogP contribution in [0, 0.1) is 0 Å². The van der Waals surface area contributed by atoms with Crippen molar-refractivity contribution in [2.24, 2.45) is 0 Å². The van der Waals surface area contributed by atoms with E-state index in [-0.39, 0.29) is 5.37 Å². The zero-order valence-electron chi connectivity index (χ0n) is 8.69. The molecule has 0 aromatic rings. The van der Waals surface area contributed by atoms with Crippen molar-refractivity contribution < 1.29 is 13.0 Å². The second-order valence-corrected chi connectivity index (χ2v) is 6.61. The van der Waals surface area contributed by atoms with Crippen molar-refractivity contribution in [2.45, 2.75) is 44.4 Å². The van der Waals surface area contributed by atoms with E-state index in [4.69, 9.17) is 4.55 Å². The molecule has 0 aliphatic heterocycles. The lowest BCUT2D eigenvalue weighted by atomic mass is 10.1. The van der Waals surface area contributed by atoms with E-state index in [1.165, 1.54) is 6.42 Å². The molecule has 4 nitrogen and oxygen atoms in total. The van der Waals surface area contributed by atoms with Gasteiger partial charge in [0.1, 0.15) is 0 Å². The lowest BCUT2D eigenvalue weighted by molar-refractivity contribution is 0.501. The minimum Gasteiger partial charge on any atom is -0.307 e. The van der Waals surface area contributed by atoms with Crippen LogP contribution < -0.4 is 5.32 Å². The van der Waals surface area contributed by atoms with E-state index in [1.807, 2.05) is 0 Å². The first-order valence-electron chi connectivity index (χ1n) is 4.82. The maximum atomic E-state index is 10.6. The molecule has 0 heterocycles. The van der Waals surface area contributed by atoms with Crippen LogP contribution in [0.2, 0.25) is 0 Å². The molecule has 0 bridgehead atoms. The molecule has 0 aromatic heterocycles. The number of rotatable bonds is 8. The summed E-state index contributed by atoms with van der Waals surface area (Å²) in [6.45, 7) is 2.13. The van der Waals surface area contributed by atoms with Crippen LogP contribution in [0.1, 0.15) is 39.0 Å². The van der Waals surface area contributed by atoms with Crippen LogP contribution in [0.15, 0.2) is 0 Å². The number of unbranched alkanes of at least 4 members (excludes halogenated alkanes) is 3. The van der Waals surface area contributed by atoms with Gasteiger partial charge in [-0.1, -0.05) is 32.6 Å². The third kappa shape index (κ3) is 8.80. The van der Waals surface area contributed by atoms with Gasteiger partial charge in [0.15, 0.2) is 0 Å². The summed E-state index contributed by atoms with van der Waals surface area (Å²) in [6.07, 6.45) is 5.20. The fourth-order valence-electron chi connectivity index (χ4n) is 1.14. The van der Waals surface area contributed by atoms with Crippen LogP contribution >= 0.6 is 10.8 Å². The predicted molar refractivity (Wildman–Crippen MR) is 60.7 cm³/mol. The first-order chi connectivity index (χ1) is 6.49. The highest BCUT2D eigenvalue weighted by Crippen LogP contribution is 2.20. The summed E-state index contributed by atoms with van der Waals surface area (Å²) >= 11 is 0. The third-order valence-electron chi connectivity index (χ3n) is 1.88. The molecule has 0 spiro atoms. The highest BCUT2D eigenvalue weighted by atomic mass is 33.1. The second kappa shape index (κ2) is 7.50. The van der Waals surface area contributed by atoms with Gasteiger partial charge in [0.2, 0.25) is 0 Å². The number of hydrogen-bond donors (Lipinski definition) is 2. The minimum absolute atomic E-state index is 0.207. The molecule has 0 fully saturated rings. The summed E-state index contributed by atoms with van der Waals surface area (Å²) in [6, 6.07) is 0. The molecule has 0 radical (unpaired) electrons. The molecule has 0 aromatic carbocycles. The van der Waals surface area contributed by atoms with Gasteiger partial charge >= 0.3 is 9.15 Å². The molecule has 0 saturated carbocycles. The van der Waals surface area contributed by atoms with Crippen molar-refractivity contribution >= 4 is 19.9 Å². The molecule has 0 aliphatic rings. The molecule has 6 heteroatoms. The smallest absolute Gasteiger partial charge is 0.307 e. The van der Waals surface area contributed by atoms with E-state index in [0.29, 0.717) is 10.8 Å². The molecule has 0 rings (SSSR count). The van der Waals surface area contributed by atoms with E-state index in [1.54, 1.807) is 7.05 Å². The topological polar surface area (TPSA) is 66.4 Å². The Morgan fingerprint density at radius 2 is 2.00 bits per heavy atom. The highest BCUT2D eigenvalue weighted by Gasteiger charge is 2.15. The Labute approximate surface area is 90.0 Å². The fraction of sp³-hybridized carbons (Fsp3) is 1.00. The summed E-state index contributed by atoms with van der Waals surface area (Å²) in [5.41, 5.74) is 0. The maximum Gasteiger partial charge on any atom is 0.321 e. The van der Waals surface area contributed by atoms with E-state index in [9.17, 15) is 8.42 Å². The SMILES string of the molecule is CCCCCCC(NC)SS(=O)(=O)O. The van der Waals surface area contributed by atoms with Crippen LogP contribution in [0.25, 0.3) is 0 Å². The quantitative estimate of drug-likeness (QED) is 0.295. The Morgan fingerprint density at radius 1 is 1.36 bits per heavy atom. The number of nitrogens with one attached hydrogen (secondary N) is 1. The van der Waals surface area contributed by atoms with E-state index in [0.717, 1.165) is 25.7 Å². The van der Waals surface area contributed by atoms with Crippen molar-refractivity contribution in [3.05, 3.63) is 0 Å². The maximum absolute atomic E-state index is 10.6. The van der Waals surface area contributed by atoms with Crippen molar-refractivity contribution in [1.82, 2.24) is 5.32 Å². The molecule has 86 valence electrons. The lowest BCUT2D eigenvalue weighted by Gasteiger charge is -2.12. The van der Waals surface area contributed by atoms with Crippen molar-refractivity contribution in [3.8, 4) is 0 Å². The average Bonchev–Trinajstić information content (AvgIpc) is 2.08. The zero-order chi connectivity index (χ0) is 11.0. The molecule has 1 atom stereocenters. The molecule has 2 N–H and O–H groups in total. The summed E-state index contributed by atoms with van der Waals surface area (Å²) in [5, 5.41) is 2.65. The van der Waals surface area contributed by atoms with Crippen LogP contribution in [0.4, 0.5) is 0 Å². The van der Waals surface area contributed by atoms with E-state index >= 15 is 0 Å². The zero-order valence-corrected chi connectivity index (χ0v) is 10.3. The highest BCUT2D eigenvalue weighted by molar-refractivity contribution is 8.70. The average molecular weight is 241 g/mol. The van der Waals surface area contributed by atoms with Crippen molar-refractivity contribution in [1.29, 1.82) is 0 Å². The van der Waals surface area contributed by atoms with Crippen LogP contribution in [0.3, 0.4) is 0 Å². The van der Waals surface area contributed by atoms with Crippen molar-refractivity contribution in [2.75, 3.05) is 7.05 Å². The van der Waals surface area contributed by atoms with Crippen LogP contribution in [-0.4, -0.2) is 25.4 Å².